The molecule has 30 heavy (non-hydrogen) atoms. The van der Waals surface area contributed by atoms with Gasteiger partial charge >= 0.3 is 6.18 Å². The van der Waals surface area contributed by atoms with Crippen LogP contribution in [-0.2, 0) is 16.2 Å². The minimum absolute atomic E-state index is 0.00776. The third kappa shape index (κ3) is 4.62. The summed E-state index contributed by atoms with van der Waals surface area (Å²) < 4.78 is 78.0. The van der Waals surface area contributed by atoms with Gasteiger partial charge in [0, 0.05) is 12.1 Å². The van der Waals surface area contributed by atoms with Crippen molar-refractivity contribution in [1.29, 1.82) is 0 Å². The highest BCUT2D eigenvalue weighted by atomic mass is 32.2. The molecule has 0 bridgehead atoms. The van der Waals surface area contributed by atoms with E-state index in [4.69, 9.17) is 5.14 Å². The summed E-state index contributed by atoms with van der Waals surface area (Å²) in [6.07, 6.45) is -3.95. The molecule has 3 N–H and O–H groups in total. The number of hydrogen-bond acceptors (Lipinski definition) is 4. The fourth-order valence-electron chi connectivity index (χ4n) is 2.78. The van der Waals surface area contributed by atoms with Gasteiger partial charge in [0.05, 0.1) is 22.0 Å². The van der Waals surface area contributed by atoms with Crippen LogP contribution in [0.5, 0.6) is 0 Å². The minimum atomic E-state index is -4.72. The van der Waals surface area contributed by atoms with E-state index in [0.717, 1.165) is 35.4 Å². The molecule has 0 unspecified atom stereocenters. The van der Waals surface area contributed by atoms with E-state index in [1.165, 1.54) is 24.3 Å². The summed E-state index contributed by atoms with van der Waals surface area (Å²) in [5.41, 5.74) is -0.608. The van der Waals surface area contributed by atoms with Gasteiger partial charge < -0.3 is 5.32 Å². The summed E-state index contributed by atoms with van der Waals surface area (Å²) in [6.45, 7) is 2.46. The first-order valence-electron chi connectivity index (χ1n) is 8.85. The number of primary sulfonamides is 1. The Hall–Kier alpha value is -2.92. The van der Waals surface area contributed by atoms with Gasteiger partial charge in [-0.25, -0.2) is 22.6 Å². The standard InChI is InChI=1S/C19H18F4N4O2S/c1-2-9-25-16-8-3-12(10-15(16)20)17-11-18(19(21,22)23)26-27(17)13-4-6-14(7-5-13)30(24,28)29/h3-8,10-11,25H,2,9H2,1H3,(H2,24,28,29). The highest BCUT2D eigenvalue weighted by Crippen LogP contribution is 2.34. The molecule has 1 heterocycles. The van der Waals surface area contributed by atoms with Crippen molar-refractivity contribution in [2.24, 2.45) is 5.14 Å². The van der Waals surface area contributed by atoms with Gasteiger partial charge in [-0.3, -0.25) is 0 Å². The average molecular weight is 442 g/mol. The maximum absolute atomic E-state index is 14.4. The number of nitrogens with two attached hydrogens (primary N) is 1. The zero-order valence-corrected chi connectivity index (χ0v) is 16.6. The molecule has 0 fully saturated rings. The number of nitrogens with one attached hydrogen (secondary N) is 1. The topological polar surface area (TPSA) is 90.0 Å². The molecule has 6 nitrogen and oxygen atoms in total. The number of halogens is 4. The van der Waals surface area contributed by atoms with Gasteiger partial charge in [0.1, 0.15) is 5.82 Å². The summed E-state index contributed by atoms with van der Waals surface area (Å²) in [7, 11) is -3.97. The molecule has 3 aromatic rings. The number of anilines is 1. The molecule has 0 saturated carbocycles. The molecule has 0 radical (unpaired) electrons. The number of rotatable bonds is 6. The van der Waals surface area contributed by atoms with Crippen LogP contribution in [0, 0.1) is 5.82 Å². The van der Waals surface area contributed by atoms with Crippen LogP contribution >= 0.6 is 0 Å². The highest BCUT2D eigenvalue weighted by Gasteiger charge is 2.35. The third-order valence-electron chi connectivity index (χ3n) is 4.24. The minimum Gasteiger partial charge on any atom is -0.383 e. The Balaban J connectivity index is 2.11. The van der Waals surface area contributed by atoms with Crippen LogP contribution in [0.4, 0.5) is 23.2 Å². The summed E-state index contributed by atoms with van der Waals surface area (Å²) in [6, 6.07) is 9.69. The molecule has 11 heteroatoms. The zero-order valence-electron chi connectivity index (χ0n) is 15.7. The van der Waals surface area contributed by atoms with Gasteiger partial charge in [-0.05, 0) is 48.9 Å². The second-order valence-corrected chi connectivity index (χ2v) is 8.05. The molecule has 0 spiro atoms. The van der Waals surface area contributed by atoms with Crippen LogP contribution in [0.3, 0.4) is 0 Å². The van der Waals surface area contributed by atoms with Gasteiger partial charge in [-0.1, -0.05) is 13.0 Å². The maximum Gasteiger partial charge on any atom is 0.435 e. The van der Waals surface area contributed by atoms with Crippen LogP contribution in [0.2, 0.25) is 0 Å². The Morgan fingerprint density at radius 2 is 1.77 bits per heavy atom. The first-order valence-corrected chi connectivity index (χ1v) is 10.4. The SMILES string of the molecule is CCCNc1ccc(-c2cc(C(F)(F)F)nn2-c2ccc(S(N)(=O)=O)cc2)cc1F. The Labute approximate surface area is 170 Å². The number of nitrogens with zero attached hydrogens (tertiary/aromatic N) is 2. The lowest BCUT2D eigenvalue weighted by Crippen LogP contribution is -2.12. The lowest BCUT2D eigenvalue weighted by Gasteiger charge is -2.11. The van der Waals surface area contributed by atoms with Crippen molar-refractivity contribution < 1.29 is 26.0 Å². The van der Waals surface area contributed by atoms with Crippen LogP contribution in [-0.4, -0.2) is 24.7 Å². The van der Waals surface area contributed by atoms with Crippen molar-refractivity contribution in [3.63, 3.8) is 0 Å². The van der Waals surface area contributed by atoms with Gasteiger partial charge in [0.2, 0.25) is 10.0 Å². The van der Waals surface area contributed by atoms with E-state index < -0.39 is 27.7 Å². The molecule has 2 aromatic carbocycles. The quantitative estimate of drug-likeness (QED) is 0.561. The molecule has 160 valence electrons. The van der Waals surface area contributed by atoms with Gasteiger partial charge in [0.15, 0.2) is 5.69 Å². The van der Waals surface area contributed by atoms with Crippen molar-refractivity contribution in [2.75, 3.05) is 11.9 Å². The van der Waals surface area contributed by atoms with E-state index in [9.17, 15) is 26.0 Å². The molecule has 0 saturated heterocycles. The van der Waals surface area contributed by atoms with Crippen molar-refractivity contribution in [2.45, 2.75) is 24.4 Å². The zero-order chi connectivity index (χ0) is 22.1. The number of hydrogen-bond donors (Lipinski definition) is 2. The second-order valence-electron chi connectivity index (χ2n) is 6.48. The summed E-state index contributed by atoms with van der Waals surface area (Å²) in [5, 5.41) is 11.5. The molecule has 0 aliphatic rings. The second kappa shape index (κ2) is 8.07. The monoisotopic (exact) mass is 442 g/mol. The average Bonchev–Trinajstić information content (AvgIpc) is 3.12. The van der Waals surface area contributed by atoms with Crippen LogP contribution in [0.1, 0.15) is 19.0 Å². The van der Waals surface area contributed by atoms with E-state index in [0.29, 0.717) is 6.54 Å². The molecular weight excluding hydrogens is 424 g/mol. The predicted molar refractivity (Wildman–Crippen MR) is 104 cm³/mol. The Morgan fingerprint density at radius 1 is 1.10 bits per heavy atom. The lowest BCUT2D eigenvalue weighted by molar-refractivity contribution is -0.141. The van der Waals surface area contributed by atoms with Crippen LogP contribution < -0.4 is 10.5 Å². The molecular formula is C19H18F4N4O2S. The summed E-state index contributed by atoms with van der Waals surface area (Å²) in [5.74, 6) is -0.619. The van der Waals surface area contributed by atoms with Crippen molar-refractivity contribution in [3.05, 3.63) is 60.0 Å². The molecule has 1 aromatic heterocycles. The van der Waals surface area contributed by atoms with Gasteiger partial charge in [0.25, 0.3) is 0 Å². The Kier molecular flexibility index (Phi) is 5.86. The summed E-state index contributed by atoms with van der Waals surface area (Å²) in [4.78, 5) is -0.201. The van der Waals surface area contributed by atoms with E-state index in [1.807, 2.05) is 6.92 Å². The first-order chi connectivity index (χ1) is 14.0. The molecule has 0 atom stereocenters. The van der Waals surface area contributed by atoms with Crippen molar-refractivity contribution in [3.8, 4) is 16.9 Å². The van der Waals surface area contributed by atoms with Crippen LogP contribution in [0.15, 0.2) is 53.4 Å². The number of sulfonamides is 1. The fraction of sp³-hybridized carbons (Fsp3) is 0.211. The summed E-state index contributed by atoms with van der Waals surface area (Å²) >= 11 is 0. The molecule has 0 aliphatic carbocycles. The lowest BCUT2D eigenvalue weighted by atomic mass is 10.1. The van der Waals surface area contributed by atoms with E-state index in [1.54, 1.807) is 0 Å². The van der Waals surface area contributed by atoms with Crippen molar-refractivity contribution in [1.82, 2.24) is 9.78 Å². The van der Waals surface area contributed by atoms with Crippen LogP contribution in [0.25, 0.3) is 16.9 Å². The smallest absolute Gasteiger partial charge is 0.383 e. The maximum atomic E-state index is 14.4. The Morgan fingerprint density at radius 3 is 2.30 bits per heavy atom. The van der Waals surface area contributed by atoms with E-state index in [-0.39, 0.29) is 27.5 Å². The first kappa shape index (κ1) is 21.8. The number of alkyl halides is 3. The van der Waals surface area contributed by atoms with Crippen molar-refractivity contribution >= 4 is 15.7 Å². The van der Waals surface area contributed by atoms with Gasteiger partial charge in [-0.2, -0.15) is 18.3 Å². The fourth-order valence-corrected chi connectivity index (χ4v) is 3.29. The normalized spacial score (nSPS) is 12.2. The van der Waals surface area contributed by atoms with Gasteiger partial charge in [-0.15, -0.1) is 0 Å². The number of benzene rings is 2. The highest BCUT2D eigenvalue weighted by molar-refractivity contribution is 7.89. The van der Waals surface area contributed by atoms with E-state index in [2.05, 4.69) is 10.4 Å². The van der Waals surface area contributed by atoms with E-state index >= 15 is 0 Å². The molecule has 3 rings (SSSR count). The molecule has 0 amide bonds. The molecule has 0 aliphatic heterocycles. The number of aromatic nitrogens is 2. The Bertz CT molecular complexity index is 1160. The largest absolute Gasteiger partial charge is 0.435 e. The third-order valence-corrected chi connectivity index (χ3v) is 5.17. The predicted octanol–water partition coefficient (Wildman–Crippen LogP) is 4.17.